The van der Waals surface area contributed by atoms with Gasteiger partial charge in [0.25, 0.3) is 0 Å². The highest BCUT2D eigenvalue weighted by molar-refractivity contribution is 5.34. The largest absolute Gasteiger partial charge is 0.311 e. The molecule has 0 aliphatic heterocycles. The lowest BCUT2D eigenvalue weighted by atomic mass is 10.2. The lowest BCUT2D eigenvalue weighted by molar-refractivity contribution is 0.644. The fourth-order valence-electron chi connectivity index (χ4n) is 1.95. The van der Waals surface area contributed by atoms with E-state index in [4.69, 9.17) is 4.98 Å². The maximum absolute atomic E-state index is 4.70. The molecule has 2 aromatic rings. The molecule has 0 saturated heterocycles. The van der Waals surface area contributed by atoms with Gasteiger partial charge in [0.05, 0.1) is 18.1 Å². The van der Waals surface area contributed by atoms with Gasteiger partial charge in [0, 0.05) is 18.7 Å². The summed E-state index contributed by atoms with van der Waals surface area (Å²) in [5.41, 5.74) is 3.08. The van der Waals surface area contributed by atoms with E-state index in [2.05, 4.69) is 36.2 Å². The first-order valence-corrected chi connectivity index (χ1v) is 7.20. The third-order valence-electron chi connectivity index (χ3n) is 3.06. The summed E-state index contributed by atoms with van der Waals surface area (Å²) < 4.78 is 1.85. The maximum atomic E-state index is 4.70. The quantitative estimate of drug-likeness (QED) is 0.822. The van der Waals surface area contributed by atoms with Gasteiger partial charge in [-0.15, -0.1) is 0 Å². The minimum atomic E-state index is 0.327. The number of nitrogens with one attached hydrogen (secondary N) is 1. The molecular weight excluding hydrogens is 250 g/mol. The summed E-state index contributed by atoms with van der Waals surface area (Å²) in [5, 5.41) is 7.76. The molecule has 0 spiro atoms. The standard InChI is InChI=1S/C15H23N5/c1-5-6-16-8-13-14(20-10-12(4)7-18-20)9-17-15(19-13)11(2)3/h7,9-11,16H,5-6,8H2,1-4H3. The average Bonchev–Trinajstić information content (AvgIpc) is 2.85. The molecule has 5 heteroatoms. The first kappa shape index (κ1) is 14.7. The summed E-state index contributed by atoms with van der Waals surface area (Å²) in [7, 11) is 0. The van der Waals surface area contributed by atoms with E-state index in [1.54, 1.807) is 0 Å². The average molecular weight is 273 g/mol. The van der Waals surface area contributed by atoms with Crippen LogP contribution in [0.4, 0.5) is 0 Å². The van der Waals surface area contributed by atoms with Crippen molar-refractivity contribution < 1.29 is 0 Å². The van der Waals surface area contributed by atoms with Crippen LogP contribution < -0.4 is 5.32 Å². The Kier molecular flexibility index (Phi) is 4.84. The maximum Gasteiger partial charge on any atom is 0.131 e. The van der Waals surface area contributed by atoms with E-state index < -0.39 is 0 Å². The molecule has 2 heterocycles. The predicted molar refractivity (Wildman–Crippen MR) is 80.0 cm³/mol. The van der Waals surface area contributed by atoms with Gasteiger partial charge >= 0.3 is 0 Å². The van der Waals surface area contributed by atoms with Crippen LogP contribution in [-0.2, 0) is 6.54 Å². The van der Waals surface area contributed by atoms with Gasteiger partial charge in [0.1, 0.15) is 11.5 Å². The van der Waals surface area contributed by atoms with Crippen LogP contribution in [0, 0.1) is 6.92 Å². The van der Waals surface area contributed by atoms with Crippen LogP contribution in [0.2, 0.25) is 0 Å². The number of hydrogen-bond acceptors (Lipinski definition) is 4. The summed E-state index contributed by atoms with van der Waals surface area (Å²) in [4.78, 5) is 9.15. The summed E-state index contributed by atoms with van der Waals surface area (Å²) in [6, 6.07) is 0. The molecular formula is C15H23N5. The molecule has 0 amide bonds. The topological polar surface area (TPSA) is 55.6 Å². The Morgan fingerprint density at radius 3 is 2.70 bits per heavy atom. The highest BCUT2D eigenvalue weighted by atomic mass is 15.3. The predicted octanol–water partition coefficient (Wildman–Crippen LogP) is 2.59. The Bertz CT molecular complexity index is 559. The second-order valence-electron chi connectivity index (χ2n) is 5.35. The van der Waals surface area contributed by atoms with Crippen LogP contribution in [0.1, 0.15) is 50.2 Å². The molecule has 20 heavy (non-hydrogen) atoms. The Labute approximate surface area is 120 Å². The Morgan fingerprint density at radius 1 is 1.30 bits per heavy atom. The molecule has 2 aromatic heterocycles. The Balaban J connectivity index is 2.33. The molecule has 0 saturated carbocycles. The molecule has 2 rings (SSSR count). The van der Waals surface area contributed by atoms with Crippen molar-refractivity contribution in [2.75, 3.05) is 6.54 Å². The first-order valence-electron chi connectivity index (χ1n) is 7.20. The van der Waals surface area contributed by atoms with Crippen LogP contribution in [0.5, 0.6) is 0 Å². The van der Waals surface area contributed by atoms with Crippen LogP contribution in [0.3, 0.4) is 0 Å². The van der Waals surface area contributed by atoms with Gasteiger partial charge < -0.3 is 5.32 Å². The summed E-state index contributed by atoms with van der Waals surface area (Å²) in [6.07, 6.45) is 6.83. The number of hydrogen-bond donors (Lipinski definition) is 1. The van der Waals surface area contributed by atoms with Gasteiger partial charge in [0.15, 0.2) is 0 Å². The second-order valence-corrected chi connectivity index (χ2v) is 5.35. The Hall–Kier alpha value is -1.75. The van der Waals surface area contributed by atoms with E-state index in [0.717, 1.165) is 42.3 Å². The van der Waals surface area contributed by atoms with Gasteiger partial charge in [0.2, 0.25) is 0 Å². The number of rotatable bonds is 6. The van der Waals surface area contributed by atoms with Crippen molar-refractivity contribution in [2.24, 2.45) is 0 Å². The molecule has 0 atom stereocenters. The van der Waals surface area contributed by atoms with E-state index in [-0.39, 0.29) is 0 Å². The van der Waals surface area contributed by atoms with E-state index >= 15 is 0 Å². The minimum absolute atomic E-state index is 0.327. The van der Waals surface area contributed by atoms with Gasteiger partial charge in [-0.2, -0.15) is 5.10 Å². The normalized spacial score (nSPS) is 11.2. The zero-order chi connectivity index (χ0) is 14.5. The minimum Gasteiger partial charge on any atom is -0.311 e. The van der Waals surface area contributed by atoms with E-state index in [9.17, 15) is 0 Å². The van der Waals surface area contributed by atoms with Gasteiger partial charge in [-0.1, -0.05) is 20.8 Å². The number of aryl methyl sites for hydroxylation is 1. The van der Waals surface area contributed by atoms with Gasteiger partial charge in [-0.3, -0.25) is 0 Å². The van der Waals surface area contributed by atoms with Crippen molar-refractivity contribution in [2.45, 2.75) is 46.6 Å². The summed E-state index contributed by atoms with van der Waals surface area (Å²) in [5.74, 6) is 1.21. The highest BCUT2D eigenvalue weighted by Crippen LogP contribution is 2.15. The fourth-order valence-corrected chi connectivity index (χ4v) is 1.95. The lowest BCUT2D eigenvalue weighted by Gasteiger charge is -2.12. The molecule has 1 N–H and O–H groups in total. The molecule has 0 aliphatic rings. The van der Waals surface area contributed by atoms with Crippen molar-refractivity contribution in [3.8, 4) is 5.69 Å². The molecule has 0 aromatic carbocycles. The van der Waals surface area contributed by atoms with Crippen molar-refractivity contribution in [1.29, 1.82) is 0 Å². The second kappa shape index (κ2) is 6.61. The SMILES string of the molecule is CCCNCc1nc(C(C)C)ncc1-n1cc(C)cn1. The monoisotopic (exact) mass is 273 g/mol. The summed E-state index contributed by atoms with van der Waals surface area (Å²) >= 11 is 0. The third kappa shape index (κ3) is 3.42. The fraction of sp³-hybridized carbons (Fsp3) is 0.533. The summed E-state index contributed by atoms with van der Waals surface area (Å²) in [6.45, 7) is 10.1. The third-order valence-corrected chi connectivity index (χ3v) is 3.06. The lowest BCUT2D eigenvalue weighted by Crippen LogP contribution is -2.18. The van der Waals surface area contributed by atoms with Crippen LogP contribution in [0.25, 0.3) is 5.69 Å². The van der Waals surface area contributed by atoms with Crippen molar-refractivity contribution in [3.63, 3.8) is 0 Å². The van der Waals surface area contributed by atoms with E-state index in [0.29, 0.717) is 5.92 Å². The molecule has 108 valence electrons. The zero-order valence-electron chi connectivity index (χ0n) is 12.7. The van der Waals surface area contributed by atoms with E-state index in [1.165, 1.54) is 0 Å². The molecule has 5 nitrogen and oxygen atoms in total. The number of aromatic nitrogens is 4. The van der Waals surface area contributed by atoms with Crippen LogP contribution >= 0.6 is 0 Å². The molecule has 0 fully saturated rings. The van der Waals surface area contributed by atoms with Crippen molar-refractivity contribution in [1.82, 2.24) is 25.1 Å². The van der Waals surface area contributed by atoms with Gasteiger partial charge in [-0.25, -0.2) is 14.6 Å². The van der Waals surface area contributed by atoms with Crippen molar-refractivity contribution in [3.05, 3.63) is 35.7 Å². The Morgan fingerprint density at radius 2 is 2.10 bits per heavy atom. The smallest absolute Gasteiger partial charge is 0.131 e. The zero-order valence-corrected chi connectivity index (χ0v) is 12.7. The van der Waals surface area contributed by atoms with E-state index in [1.807, 2.05) is 30.2 Å². The highest BCUT2D eigenvalue weighted by Gasteiger charge is 2.11. The molecule has 0 unspecified atom stereocenters. The molecule has 0 bridgehead atoms. The van der Waals surface area contributed by atoms with Crippen LogP contribution in [-0.4, -0.2) is 26.3 Å². The van der Waals surface area contributed by atoms with Crippen molar-refractivity contribution >= 4 is 0 Å². The number of nitrogens with zero attached hydrogens (tertiary/aromatic N) is 4. The van der Waals surface area contributed by atoms with Gasteiger partial charge in [-0.05, 0) is 25.5 Å². The first-order chi connectivity index (χ1) is 9.61. The molecule has 0 aliphatic carbocycles. The molecule has 0 radical (unpaired) electrons. The van der Waals surface area contributed by atoms with Crippen LogP contribution in [0.15, 0.2) is 18.6 Å².